The van der Waals surface area contributed by atoms with E-state index in [1.165, 1.54) is 9.64 Å². The fourth-order valence-corrected chi connectivity index (χ4v) is 2.42. The Morgan fingerprint density at radius 3 is 2.71 bits per heavy atom. The van der Waals surface area contributed by atoms with Crippen LogP contribution in [0.2, 0.25) is 0 Å². The van der Waals surface area contributed by atoms with Crippen LogP contribution in [-0.4, -0.2) is 0 Å². The molecule has 1 nitrogen and oxygen atoms in total. The quantitative estimate of drug-likeness (QED) is 0.723. The van der Waals surface area contributed by atoms with Gasteiger partial charge < -0.3 is 5.32 Å². The van der Waals surface area contributed by atoms with E-state index in [1.807, 2.05) is 24.3 Å². The molecular weight excluding hydrogens is 396 g/mol. The van der Waals surface area contributed by atoms with E-state index in [0.29, 0.717) is 12.2 Å². The Labute approximate surface area is 122 Å². The minimum Gasteiger partial charge on any atom is -0.379 e. The molecule has 0 bridgehead atoms. The molecule has 0 aliphatic heterocycles. The summed E-state index contributed by atoms with van der Waals surface area (Å²) in [5, 5.41) is 3.08. The summed E-state index contributed by atoms with van der Waals surface area (Å²) in [6, 6.07) is 13.1. The number of benzene rings is 2. The van der Waals surface area contributed by atoms with E-state index >= 15 is 0 Å². The third-order valence-electron chi connectivity index (χ3n) is 2.30. The second-order valence-corrected chi connectivity index (χ2v) is 5.77. The number of hydrogen-bond donors (Lipinski definition) is 1. The molecule has 17 heavy (non-hydrogen) atoms. The fraction of sp³-hybridized carbons (Fsp3) is 0.0769. The van der Waals surface area contributed by atoms with Crippen LogP contribution in [0.25, 0.3) is 0 Å². The molecule has 0 fully saturated rings. The maximum absolute atomic E-state index is 13.5. The van der Waals surface area contributed by atoms with Gasteiger partial charge in [0.25, 0.3) is 0 Å². The number of rotatable bonds is 3. The highest BCUT2D eigenvalue weighted by atomic mass is 127. The number of nitrogens with one attached hydrogen (secondary N) is 1. The molecule has 2 aromatic carbocycles. The van der Waals surface area contributed by atoms with E-state index < -0.39 is 0 Å². The molecule has 1 N–H and O–H groups in total. The molecule has 0 heterocycles. The molecule has 0 aromatic heterocycles. The van der Waals surface area contributed by atoms with Crippen LogP contribution in [0.4, 0.5) is 10.1 Å². The van der Waals surface area contributed by atoms with Crippen molar-refractivity contribution < 1.29 is 4.39 Å². The summed E-state index contributed by atoms with van der Waals surface area (Å²) in [6.07, 6.45) is 0. The third-order valence-corrected chi connectivity index (χ3v) is 3.47. The van der Waals surface area contributed by atoms with Crippen LogP contribution in [0.1, 0.15) is 5.56 Å². The summed E-state index contributed by atoms with van der Waals surface area (Å²) in [5.74, 6) is -0.245. The van der Waals surface area contributed by atoms with Gasteiger partial charge in [0, 0.05) is 14.6 Å². The molecule has 4 heteroatoms. The van der Waals surface area contributed by atoms with Gasteiger partial charge in [-0.15, -0.1) is 0 Å². The van der Waals surface area contributed by atoms with E-state index in [9.17, 15) is 4.39 Å². The molecule has 0 radical (unpaired) electrons. The maximum atomic E-state index is 13.5. The normalized spacial score (nSPS) is 10.3. The first-order valence-corrected chi connectivity index (χ1v) is 6.96. The number of hydrogen-bond acceptors (Lipinski definition) is 1. The SMILES string of the molecule is Fc1cc(Br)ccc1NCc1cccc(I)c1. The van der Waals surface area contributed by atoms with Crippen LogP contribution < -0.4 is 5.32 Å². The predicted molar refractivity (Wildman–Crippen MR) is 80.6 cm³/mol. The minimum absolute atomic E-state index is 0.245. The second kappa shape index (κ2) is 5.82. The van der Waals surface area contributed by atoms with Crippen LogP contribution in [0, 0.1) is 9.39 Å². The van der Waals surface area contributed by atoms with E-state index in [2.05, 4.69) is 49.9 Å². The molecular formula is C13H10BrFIN. The van der Waals surface area contributed by atoms with Crippen molar-refractivity contribution in [2.75, 3.05) is 5.32 Å². The van der Waals surface area contributed by atoms with Crippen LogP contribution in [0.5, 0.6) is 0 Å². The van der Waals surface area contributed by atoms with Gasteiger partial charge >= 0.3 is 0 Å². The highest BCUT2D eigenvalue weighted by Crippen LogP contribution is 2.20. The molecule has 0 saturated heterocycles. The van der Waals surface area contributed by atoms with Crippen LogP contribution in [-0.2, 0) is 6.54 Å². The lowest BCUT2D eigenvalue weighted by atomic mass is 10.2. The Balaban J connectivity index is 2.07. The largest absolute Gasteiger partial charge is 0.379 e. The Kier molecular flexibility index (Phi) is 4.39. The van der Waals surface area contributed by atoms with Gasteiger partial charge in [0.15, 0.2) is 0 Å². The standard InChI is InChI=1S/C13H10BrFIN/c14-10-4-5-13(12(15)7-10)17-8-9-2-1-3-11(16)6-9/h1-7,17H,8H2. The topological polar surface area (TPSA) is 12.0 Å². The maximum Gasteiger partial charge on any atom is 0.147 e. The van der Waals surface area contributed by atoms with Crippen molar-refractivity contribution in [3.63, 3.8) is 0 Å². The molecule has 88 valence electrons. The van der Waals surface area contributed by atoms with Gasteiger partial charge in [-0.05, 0) is 58.5 Å². The van der Waals surface area contributed by atoms with Crippen LogP contribution >= 0.6 is 38.5 Å². The van der Waals surface area contributed by atoms with Crippen LogP contribution in [0.15, 0.2) is 46.9 Å². The first-order chi connectivity index (χ1) is 8.15. The molecule has 0 unspecified atom stereocenters. The van der Waals surface area contributed by atoms with Gasteiger partial charge in [-0.3, -0.25) is 0 Å². The van der Waals surface area contributed by atoms with E-state index in [-0.39, 0.29) is 5.82 Å². The molecule has 2 rings (SSSR count). The first kappa shape index (κ1) is 12.8. The van der Waals surface area contributed by atoms with E-state index in [1.54, 1.807) is 6.07 Å². The Hall–Kier alpha value is -0.620. The van der Waals surface area contributed by atoms with Gasteiger partial charge in [-0.1, -0.05) is 28.1 Å². The van der Waals surface area contributed by atoms with Gasteiger partial charge in [-0.25, -0.2) is 4.39 Å². The Morgan fingerprint density at radius 2 is 2.00 bits per heavy atom. The zero-order chi connectivity index (χ0) is 12.3. The van der Waals surface area contributed by atoms with Crippen molar-refractivity contribution in [3.8, 4) is 0 Å². The number of halogens is 3. The number of anilines is 1. The lowest BCUT2D eigenvalue weighted by molar-refractivity contribution is 0.629. The highest BCUT2D eigenvalue weighted by Gasteiger charge is 2.02. The van der Waals surface area contributed by atoms with Gasteiger partial charge in [-0.2, -0.15) is 0 Å². The Morgan fingerprint density at radius 1 is 1.18 bits per heavy atom. The molecule has 0 aliphatic carbocycles. The smallest absolute Gasteiger partial charge is 0.147 e. The Bertz CT molecular complexity index is 531. The summed E-state index contributed by atoms with van der Waals surface area (Å²) < 4.78 is 15.5. The van der Waals surface area contributed by atoms with Crippen LogP contribution in [0.3, 0.4) is 0 Å². The third kappa shape index (κ3) is 3.67. The average Bonchev–Trinajstić information content (AvgIpc) is 2.28. The van der Waals surface area contributed by atoms with Gasteiger partial charge in [0.1, 0.15) is 5.82 Å². The molecule has 2 aromatic rings. The monoisotopic (exact) mass is 405 g/mol. The van der Waals surface area contributed by atoms with Gasteiger partial charge in [0.05, 0.1) is 5.69 Å². The zero-order valence-corrected chi connectivity index (χ0v) is 12.6. The first-order valence-electron chi connectivity index (χ1n) is 5.08. The summed E-state index contributed by atoms with van der Waals surface area (Å²) in [5.41, 5.74) is 1.66. The summed E-state index contributed by atoms with van der Waals surface area (Å²) in [7, 11) is 0. The highest BCUT2D eigenvalue weighted by molar-refractivity contribution is 14.1. The van der Waals surface area contributed by atoms with Crippen molar-refractivity contribution in [2.45, 2.75) is 6.54 Å². The van der Waals surface area contributed by atoms with Crippen molar-refractivity contribution in [1.82, 2.24) is 0 Å². The van der Waals surface area contributed by atoms with Crippen molar-refractivity contribution >= 4 is 44.2 Å². The average molecular weight is 406 g/mol. The summed E-state index contributed by atoms with van der Waals surface area (Å²) >= 11 is 5.50. The van der Waals surface area contributed by atoms with Crippen molar-refractivity contribution in [1.29, 1.82) is 0 Å². The van der Waals surface area contributed by atoms with Crippen molar-refractivity contribution in [3.05, 3.63) is 61.9 Å². The van der Waals surface area contributed by atoms with E-state index in [4.69, 9.17) is 0 Å². The summed E-state index contributed by atoms with van der Waals surface area (Å²) in [4.78, 5) is 0. The van der Waals surface area contributed by atoms with Gasteiger partial charge in [0.2, 0.25) is 0 Å². The molecule has 0 amide bonds. The van der Waals surface area contributed by atoms with Crippen molar-refractivity contribution in [2.24, 2.45) is 0 Å². The zero-order valence-electron chi connectivity index (χ0n) is 8.88. The molecule has 0 aliphatic rings. The fourth-order valence-electron chi connectivity index (χ4n) is 1.48. The van der Waals surface area contributed by atoms with E-state index in [0.717, 1.165) is 10.0 Å². The second-order valence-electron chi connectivity index (χ2n) is 3.61. The minimum atomic E-state index is -0.245. The molecule has 0 spiro atoms. The lowest BCUT2D eigenvalue weighted by Gasteiger charge is -2.08. The summed E-state index contributed by atoms with van der Waals surface area (Å²) in [6.45, 7) is 0.620. The molecule has 0 saturated carbocycles. The lowest BCUT2D eigenvalue weighted by Crippen LogP contribution is -2.01. The molecule has 0 atom stereocenters. The predicted octanol–water partition coefficient (Wildman–Crippen LogP) is 4.80.